The smallest absolute Gasteiger partial charge is 0.259 e. The Morgan fingerprint density at radius 3 is 2.46 bits per heavy atom. The lowest BCUT2D eigenvalue weighted by Crippen LogP contribution is -2.20. The van der Waals surface area contributed by atoms with Crippen LogP contribution in [0.15, 0.2) is 41.8 Å². The van der Waals surface area contributed by atoms with Crippen LogP contribution in [0.2, 0.25) is 0 Å². The highest BCUT2D eigenvalue weighted by Gasteiger charge is 2.35. The van der Waals surface area contributed by atoms with E-state index in [1.807, 2.05) is 11.4 Å². The van der Waals surface area contributed by atoms with Crippen molar-refractivity contribution in [2.45, 2.75) is 0 Å². The van der Waals surface area contributed by atoms with Crippen LogP contribution in [-0.2, 0) is 0 Å². The highest BCUT2D eigenvalue weighted by molar-refractivity contribution is 7.14. The molecule has 0 saturated heterocycles. The third kappa shape index (κ3) is 1.82. The summed E-state index contributed by atoms with van der Waals surface area (Å²) in [7, 11) is 1.58. The molecular formula is C20H11NO4S. The van der Waals surface area contributed by atoms with Gasteiger partial charge in [0.1, 0.15) is 5.75 Å². The Hall–Kier alpha value is -3.25. The number of hydrogen-bond donors (Lipinski definition) is 1. The molecule has 1 aliphatic heterocycles. The summed E-state index contributed by atoms with van der Waals surface area (Å²) in [5.74, 6) is -0.217. The van der Waals surface area contributed by atoms with Gasteiger partial charge in [0, 0.05) is 27.1 Å². The third-order valence-corrected chi connectivity index (χ3v) is 5.80. The number of ether oxygens (including phenoxy) is 1. The first kappa shape index (κ1) is 15.0. The van der Waals surface area contributed by atoms with Crippen molar-refractivity contribution < 1.29 is 19.1 Å². The number of carbonyl (C=O) groups is 3. The predicted octanol–water partition coefficient (Wildman–Crippen LogP) is 3.52. The molecule has 0 atom stereocenters. The molecule has 3 aromatic rings. The van der Waals surface area contributed by atoms with Crippen LogP contribution in [0, 0.1) is 0 Å². The Morgan fingerprint density at radius 2 is 1.65 bits per heavy atom. The van der Waals surface area contributed by atoms with E-state index < -0.39 is 11.8 Å². The molecule has 26 heavy (non-hydrogen) atoms. The fraction of sp³-hybridized carbons (Fsp3) is 0.0500. The Balaban J connectivity index is 1.75. The van der Waals surface area contributed by atoms with Gasteiger partial charge in [-0.05, 0) is 35.2 Å². The summed E-state index contributed by atoms with van der Waals surface area (Å²) >= 11 is 1.40. The van der Waals surface area contributed by atoms with Crippen molar-refractivity contribution in [3.8, 4) is 27.3 Å². The number of rotatable bonds is 2. The van der Waals surface area contributed by atoms with E-state index in [0.717, 1.165) is 11.1 Å². The normalized spacial score (nSPS) is 14.1. The number of imide groups is 1. The fourth-order valence-electron chi connectivity index (χ4n) is 3.59. The second-order valence-corrected chi connectivity index (χ2v) is 6.99. The van der Waals surface area contributed by atoms with Crippen molar-refractivity contribution in [1.29, 1.82) is 0 Å². The van der Waals surface area contributed by atoms with Crippen molar-refractivity contribution in [2.75, 3.05) is 7.11 Å². The quantitative estimate of drug-likeness (QED) is 0.555. The van der Waals surface area contributed by atoms with Gasteiger partial charge in [0.2, 0.25) is 0 Å². The van der Waals surface area contributed by atoms with Crippen molar-refractivity contribution >= 4 is 28.9 Å². The highest BCUT2D eigenvalue weighted by Crippen LogP contribution is 2.47. The summed E-state index contributed by atoms with van der Waals surface area (Å²) < 4.78 is 5.27. The standard InChI is InChI=1S/C20H11NO4S/c1-25-9-5-6-10-13(7-9)14-8-26-18(16(14)17(10)22)11-3-2-4-12-15(11)20(24)21-19(12)23/h2-8H,1H3,(H,21,23,24). The van der Waals surface area contributed by atoms with E-state index in [1.165, 1.54) is 11.3 Å². The van der Waals surface area contributed by atoms with E-state index in [0.29, 0.717) is 38.4 Å². The molecule has 126 valence electrons. The van der Waals surface area contributed by atoms with E-state index in [2.05, 4.69) is 5.32 Å². The van der Waals surface area contributed by atoms with E-state index in [9.17, 15) is 14.4 Å². The van der Waals surface area contributed by atoms with Gasteiger partial charge in [-0.25, -0.2) is 0 Å². The summed E-state index contributed by atoms with van der Waals surface area (Å²) in [6, 6.07) is 10.5. The molecule has 1 aromatic heterocycles. The number of nitrogens with one attached hydrogen (secondary N) is 1. The van der Waals surface area contributed by atoms with Gasteiger partial charge < -0.3 is 4.74 Å². The second kappa shape index (κ2) is 5.12. The molecule has 0 fully saturated rings. The van der Waals surface area contributed by atoms with Crippen LogP contribution in [0.5, 0.6) is 5.75 Å². The minimum Gasteiger partial charge on any atom is -0.497 e. The summed E-state index contributed by atoms with van der Waals surface area (Å²) in [6.45, 7) is 0. The largest absolute Gasteiger partial charge is 0.497 e. The Bertz CT molecular complexity index is 1160. The summed E-state index contributed by atoms with van der Waals surface area (Å²) in [6.07, 6.45) is 0. The molecule has 0 unspecified atom stereocenters. The van der Waals surface area contributed by atoms with E-state index >= 15 is 0 Å². The number of amides is 2. The van der Waals surface area contributed by atoms with E-state index in [1.54, 1.807) is 37.4 Å². The first-order valence-corrected chi connectivity index (χ1v) is 8.81. The monoisotopic (exact) mass is 361 g/mol. The number of fused-ring (bicyclic) bond motifs is 4. The van der Waals surface area contributed by atoms with Crippen molar-refractivity contribution in [3.05, 3.63) is 64.0 Å². The minimum atomic E-state index is -0.424. The van der Waals surface area contributed by atoms with Crippen LogP contribution >= 0.6 is 11.3 Å². The maximum Gasteiger partial charge on any atom is 0.259 e. The average Bonchev–Trinajstić information content (AvgIpc) is 3.29. The van der Waals surface area contributed by atoms with Gasteiger partial charge in [-0.1, -0.05) is 12.1 Å². The number of thiophene rings is 1. The predicted molar refractivity (Wildman–Crippen MR) is 97.0 cm³/mol. The highest BCUT2D eigenvalue weighted by atomic mass is 32.1. The lowest BCUT2D eigenvalue weighted by atomic mass is 9.98. The molecule has 2 aromatic carbocycles. The molecule has 6 heteroatoms. The Kier molecular flexibility index (Phi) is 2.96. The first-order valence-electron chi connectivity index (χ1n) is 7.94. The molecular weight excluding hydrogens is 350 g/mol. The zero-order valence-electron chi connectivity index (χ0n) is 13.6. The van der Waals surface area contributed by atoms with Gasteiger partial charge in [-0.15, -0.1) is 11.3 Å². The number of benzene rings is 2. The van der Waals surface area contributed by atoms with Crippen LogP contribution in [0.1, 0.15) is 36.6 Å². The first-order chi connectivity index (χ1) is 12.6. The number of ketones is 1. The van der Waals surface area contributed by atoms with Gasteiger partial charge in [0.15, 0.2) is 5.78 Å². The molecule has 0 saturated carbocycles. The van der Waals surface area contributed by atoms with Gasteiger partial charge in [0.05, 0.1) is 18.2 Å². The van der Waals surface area contributed by atoms with Crippen molar-refractivity contribution in [1.82, 2.24) is 5.32 Å². The molecule has 2 aliphatic rings. The molecule has 1 aliphatic carbocycles. The van der Waals surface area contributed by atoms with Crippen LogP contribution in [-0.4, -0.2) is 24.7 Å². The third-order valence-electron chi connectivity index (χ3n) is 4.79. The van der Waals surface area contributed by atoms with Crippen LogP contribution in [0.3, 0.4) is 0 Å². The minimum absolute atomic E-state index is 0.0729. The lowest BCUT2D eigenvalue weighted by Gasteiger charge is -2.05. The topological polar surface area (TPSA) is 72.5 Å². The zero-order chi connectivity index (χ0) is 18.0. The second-order valence-electron chi connectivity index (χ2n) is 6.11. The van der Waals surface area contributed by atoms with Gasteiger partial charge >= 0.3 is 0 Å². The maximum absolute atomic E-state index is 13.0. The van der Waals surface area contributed by atoms with Crippen LogP contribution < -0.4 is 10.1 Å². The molecule has 5 nitrogen and oxygen atoms in total. The number of methoxy groups -OCH3 is 1. The summed E-state index contributed by atoms with van der Waals surface area (Å²) in [4.78, 5) is 37.9. The van der Waals surface area contributed by atoms with E-state index in [-0.39, 0.29) is 5.78 Å². The SMILES string of the molecule is COc1ccc2c(c1)-c1csc(-c3cccc4c3C(=O)NC4=O)c1C2=O. The number of carbonyl (C=O) groups excluding carboxylic acids is 3. The van der Waals surface area contributed by atoms with E-state index in [4.69, 9.17) is 4.74 Å². The zero-order valence-corrected chi connectivity index (χ0v) is 14.4. The van der Waals surface area contributed by atoms with Crippen LogP contribution in [0.4, 0.5) is 0 Å². The van der Waals surface area contributed by atoms with Crippen LogP contribution in [0.25, 0.3) is 21.6 Å². The fourth-order valence-corrected chi connectivity index (χ4v) is 4.69. The Labute approximate surface area is 152 Å². The lowest BCUT2D eigenvalue weighted by molar-refractivity contribution is 0.0879. The van der Waals surface area contributed by atoms with Crippen molar-refractivity contribution in [3.63, 3.8) is 0 Å². The molecule has 0 spiro atoms. The molecule has 2 heterocycles. The maximum atomic E-state index is 13.0. The van der Waals surface area contributed by atoms with Gasteiger partial charge in [-0.3, -0.25) is 19.7 Å². The van der Waals surface area contributed by atoms with Gasteiger partial charge in [-0.2, -0.15) is 0 Å². The molecule has 2 amide bonds. The Morgan fingerprint density at radius 1 is 0.846 bits per heavy atom. The molecule has 0 radical (unpaired) electrons. The summed E-state index contributed by atoms with van der Waals surface area (Å²) in [5, 5.41) is 4.24. The molecule has 5 rings (SSSR count). The number of hydrogen-bond acceptors (Lipinski definition) is 5. The molecule has 1 N–H and O–H groups in total. The molecule has 0 bridgehead atoms. The summed E-state index contributed by atoms with van der Waals surface area (Å²) in [5.41, 5.74) is 4.18. The average molecular weight is 361 g/mol. The van der Waals surface area contributed by atoms with Crippen molar-refractivity contribution in [2.24, 2.45) is 0 Å². The van der Waals surface area contributed by atoms with Gasteiger partial charge in [0.25, 0.3) is 11.8 Å².